The average molecular weight is 192 g/mol. The maximum atomic E-state index is 10.6. The lowest BCUT2D eigenvalue weighted by atomic mass is 10.0. The lowest BCUT2D eigenvalue weighted by Gasteiger charge is -2.10. The Morgan fingerprint density at radius 2 is 1.86 bits per heavy atom. The first-order valence-electron chi connectivity index (χ1n) is 4.66. The third-order valence-electron chi connectivity index (χ3n) is 2.17. The molecule has 0 aliphatic rings. The van der Waals surface area contributed by atoms with Gasteiger partial charge >= 0.3 is 0 Å². The standard InChI is InChI=1S/C11H16N2O/c1-8-5-4-6-9(2)11(8)7-12-13-10(3)14/h4-6,12H,7H2,1-3H3,(H,13,14). The molecule has 0 atom stereocenters. The quantitative estimate of drug-likeness (QED) is 0.712. The summed E-state index contributed by atoms with van der Waals surface area (Å²) in [6.07, 6.45) is 0. The molecular weight excluding hydrogens is 176 g/mol. The van der Waals surface area contributed by atoms with Crippen LogP contribution in [-0.4, -0.2) is 5.91 Å². The van der Waals surface area contributed by atoms with E-state index in [2.05, 4.69) is 36.8 Å². The number of hydrogen-bond acceptors (Lipinski definition) is 2. The molecule has 0 fully saturated rings. The Balaban J connectivity index is 2.62. The van der Waals surface area contributed by atoms with Gasteiger partial charge in [0, 0.05) is 13.5 Å². The van der Waals surface area contributed by atoms with Gasteiger partial charge in [0.15, 0.2) is 0 Å². The molecule has 0 saturated carbocycles. The van der Waals surface area contributed by atoms with Crippen LogP contribution >= 0.6 is 0 Å². The minimum absolute atomic E-state index is 0.0729. The predicted octanol–water partition coefficient (Wildman–Crippen LogP) is 1.44. The average Bonchev–Trinajstić information content (AvgIpc) is 2.09. The predicted molar refractivity (Wildman–Crippen MR) is 56.6 cm³/mol. The molecule has 0 bridgehead atoms. The Labute approximate surface area is 84.5 Å². The summed E-state index contributed by atoms with van der Waals surface area (Å²) in [5, 5.41) is 0. The second-order valence-corrected chi connectivity index (χ2v) is 3.41. The first-order chi connectivity index (χ1) is 6.61. The molecule has 1 aromatic carbocycles. The molecule has 0 unspecified atom stereocenters. The van der Waals surface area contributed by atoms with Gasteiger partial charge in [0.25, 0.3) is 0 Å². The van der Waals surface area contributed by atoms with Crippen LogP contribution in [0, 0.1) is 13.8 Å². The van der Waals surface area contributed by atoms with Crippen molar-refractivity contribution in [2.45, 2.75) is 27.3 Å². The van der Waals surface area contributed by atoms with Gasteiger partial charge in [-0.1, -0.05) is 18.2 Å². The maximum absolute atomic E-state index is 10.6. The van der Waals surface area contributed by atoms with Crippen molar-refractivity contribution in [3.63, 3.8) is 0 Å². The summed E-state index contributed by atoms with van der Waals surface area (Å²) in [6.45, 7) is 6.28. The van der Waals surface area contributed by atoms with E-state index in [1.165, 1.54) is 23.6 Å². The Morgan fingerprint density at radius 1 is 1.29 bits per heavy atom. The number of hydrazine groups is 1. The zero-order chi connectivity index (χ0) is 10.6. The zero-order valence-corrected chi connectivity index (χ0v) is 8.85. The molecule has 0 radical (unpaired) electrons. The van der Waals surface area contributed by atoms with Crippen molar-refractivity contribution < 1.29 is 4.79 Å². The third kappa shape index (κ3) is 2.85. The van der Waals surface area contributed by atoms with E-state index < -0.39 is 0 Å². The zero-order valence-electron chi connectivity index (χ0n) is 8.85. The highest BCUT2D eigenvalue weighted by atomic mass is 16.2. The van der Waals surface area contributed by atoms with Gasteiger partial charge in [-0.25, -0.2) is 5.43 Å². The molecule has 0 spiro atoms. The van der Waals surface area contributed by atoms with Crippen molar-refractivity contribution in [1.29, 1.82) is 0 Å². The highest BCUT2D eigenvalue weighted by Gasteiger charge is 2.00. The summed E-state index contributed by atoms with van der Waals surface area (Å²) in [5.41, 5.74) is 9.16. The van der Waals surface area contributed by atoms with Crippen molar-refractivity contribution in [3.8, 4) is 0 Å². The summed E-state index contributed by atoms with van der Waals surface area (Å²) < 4.78 is 0. The van der Waals surface area contributed by atoms with Gasteiger partial charge in [-0.3, -0.25) is 10.2 Å². The second kappa shape index (κ2) is 4.77. The molecule has 1 amide bonds. The summed E-state index contributed by atoms with van der Waals surface area (Å²) in [7, 11) is 0. The molecule has 0 heterocycles. The largest absolute Gasteiger partial charge is 0.292 e. The minimum atomic E-state index is -0.0729. The molecule has 1 rings (SSSR count). The molecule has 0 aliphatic heterocycles. The number of rotatable bonds is 3. The minimum Gasteiger partial charge on any atom is -0.292 e. The molecule has 0 aromatic heterocycles. The molecule has 3 heteroatoms. The number of nitrogens with one attached hydrogen (secondary N) is 2. The second-order valence-electron chi connectivity index (χ2n) is 3.41. The number of carbonyl (C=O) groups excluding carboxylic acids is 1. The van der Waals surface area contributed by atoms with E-state index >= 15 is 0 Å². The topological polar surface area (TPSA) is 41.1 Å². The molecule has 14 heavy (non-hydrogen) atoms. The first-order valence-corrected chi connectivity index (χ1v) is 4.66. The summed E-state index contributed by atoms with van der Waals surface area (Å²) in [6, 6.07) is 6.17. The summed E-state index contributed by atoms with van der Waals surface area (Å²) in [5.74, 6) is -0.0729. The lowest BCUT2D eigenvalue weighted by molar-refractivity contribution is -0.119. The fraction of sp³-hybridized carbons (Fsp3) is 0.364. The lowest BCUT2D eigenvalue weighted by Crippen LogP contribution is -2.35. The Morgan fingerprint density at radius 3 is 2.36 bits per heavy atom. The number of aryl methyl sites for hydroxylation is 2. The summed E-state index contributed by atoms with van der Waals surface area (Å²) in [4.78, 5) is 10.6. The van der Waals surface area contributed by atoms with Gasteiger partial charge < -0.3 is 0 Å². The van der Waals surface area contributed by atoms with Gasteiger partial charge in [-0.15, -0.1) is 0 Å². The number of carbonyl (C=O) groups is 1. The fourth-order valence-electron chi connectivity index (χ4n) is 1.38. The van der Waals surface area contributed by atoms with Crippen LogP contribution in [-0.2, 0) is 11.3 Å². The summed E-state index contributed by atoms with van der Waals surface area (Å²) >= 11 is 0. The van der Waals surface area contributed by atoms with Crippen molar-refractivity contribution in [2.75, 3.05) is 0 Å². The van der Waals surface area contributed by atoms with E-state index in [-0.39, 0.29) is 5.91 Å². The molecule has 76 valence electrons. The molecule has 2 N–H and O–H groups in total. The van der Waals surface area contributed by atoms with Crippen LogP contribution in [0.2, 0.25) is 0 Å². The number of benzene rings is 1. The van der Waals surface area contributed by atoms with Crippen molar-refractivity contribution in [1.82, 2.24) is 10.9 Å². The first kappa shape index (κ1) is 10.7. The van der Waals surface area contributed by atoms with Crippen molar-refractivity contribution in [3.05, 3.63) is 34.9 Å². The number of hydrogen-bond donors (Lipinski definition) is 2. The Kier molecular flexibility index (Phi) is 3.65. The van der Waals surface area contributed by atoms with E-state index in [1.54, 1.807) is 0 Å². The number of amides is 1. The smallest absolute Gasteiger partial charge is 0.230 e. The molecule has 0 aliphatic carbocycles. The molecule has 0 saturated heterocycles. The van der Waals surface area contributed by atoms with Crippen LogP contribution in [0.3, 0.4) is 0 Å². The van der Waals surface area contributed by atoms with Gasteiger partial charge in [0.2, 0.25) is 5.91 Å². The Hall–Kier alpha value is -1.35. The molecular formula is C11H16N2O. The van der Waals surface area contributed by atoms with Crippen molar-refractivity contribution in [2.24, 2.45) is 0 Å². The SMILES string of the molecule is CC(=O)NNCc1c(C)cccc1C. The highest BCUT2D eigenvalue weighted by molar-refractivity contribution is 5.72. The van der Waals surface area contributed by atoms with Crippen LogP contribution in [0.1, 0.15) is 23.6 Å². The van der Waals surface area contributed by atoms with Crippen LogP contribution in [0.25, 0.3) is 0 Å². The van der Waals surface area contributed by atoms with Crippen LogP contribution in [0.5, 0.6) is 0 Å². The van der Waals surface area contributed by atoms with Gasteiger partial charge in [-0.05, 0) is 30.5 Å². The van der Waals surface area contributed by atoms with Crippen LogP contribution in [0.15, 0.2) is 18.2 Å². The van der Waals surface area contributed by atoms with E-state index in [1.807, 2.05) is 6.07 Å². The monoisotopic (exact) mass is 192 g/mol. The van der Waals surface area contributed by atoms with E-state index in [4.69, 9.17) is 0 Å². The van der Waals surface area contributed by atoms with E-state index in [0.29, 0.717) is 6.54 Å². The highest BCUT2D eigenvalue weighted by Crippen LogP contribution is 2.12. The molecule has 1 aromatic rings. The normalized spacial score (nSPS) is 9.93. The Bertz CT molecular complexity index is 314. The van der Waals surface area contributed by atoms with Gasteiger partial charge in [0.05, 0.1) is 0 Å². The van der Waals surface area contributed by atoms with Crippen LogP contribution in [0.4, 0.5) is 0 Å². The van der Waals surface area contributed by atoms with Gasteiger partial charge in [0.1, 0.15) is 0 Å². The van der Waals surface area contributed by atoms with Gasteiger partial charge in [-0.2, -0.15) is 0 Å². The van der Waals surface area contributed by atoms with E-state index in [0.717, 1.165) is 0 Å². The fourth-order valence-corrected chi connectivity index (χ4v) is 1.38. The van der Waals surface area contributed by atoms with Crippen LogP contribution < -0.4 is 10.9 Å². The maximum Gasteiger partial charge on any atom is 0.230 e. The van der Waals surface area contributed by atoms with Crippen molar-refractivity contribution >= 4 is 5.91 Å². The molecule has 3 nitrogen and oxygen atoms in total. The van der Waals surface area contributed by atoms with E-state index in [9.17, 15) is 4.79 Å². The third-order valence-corrected chi connectivity index (χ3v) is 2.17.